The maximum atomic E-state index is 12.1. The molecule has 10 heteroatoms. The summed E-state index contributed by atoms with van der Waals surface area (Å²) in [6, 6.07) is 10.2. The van der Waals surface area contributed by atoms with Crippen molar-refractivity contribution in [1.82, 2.24) is 10.0 Å². The van der Waals surface area contributed by atoms with Gasteiger partial charge in [0.05, 0.1) is 11.4 Å². The molecule has 0 aliphatic carbocycles. The Kier molecular flexibility index (Phi) is 9.72. The number of nitrogens with one attached hydrogen (secondary N) is 2. The SMILES string of the molecule is I.NC(=NCCNS(=O)(=O)c1cccc(Cl)c1)NCCc1cccs1. The molecule has 4 N–H and O–H groups in total. The molecule has 0 aliphatic rings. The predicted octanol–water partition coefficient (Wildman–Crippen LogP) is 2.44. The van der Waals surface area contributed by atoms with Crippen molar-refractivity contribution in [2.45, 2.75) is 11.3 Å². The van der Waals surface area contributed by atoms with Crippen molar-refractivity contribution in [3.05, 3.63) is 51.7 Å². The van der Waals surface area contributed by atoms with Crippen LogP contribution in [-0.4, -0.2) is 34.0 Å². The van der Waals surface area contributed by atoms with E-state index >= 15 is 0 Å². The van der Waals surface area contributed by atoms with Crippen LogP contribution in [0.5, 0.6) is 0 Å². The molecule has 0 unspecified atom stereocenters. The first kappa shape index (κ1) is 22.2. The van der Waals surface area contributed by atoms with Crippen LogP contribution in [0.25, 0.3) is 0 Å². The molecule has 0 atom stereocenters. The van der Waals surface area contributed by atoms with Gasteiger partial charge < -0.3 is 11.1 Å². The molecule has 0 bridgehead atoms. The average molecular weight is 515 g/mol. The normalized spacial score (nSPS) is 11.8. The molecule has 1 aromatic carbocycles. The number of nitrogens with two attached hydrogens (primary N) is 1. The Hall–Kier alpha value is -0.880. The summed E-state index contributed by atoms with van der Waals surface area (Å²) < 4.78 is 26.6. The summed E-state index contributed by atoms with van der Waals surface area (Å²) in [6.07, 6.45) is 0.870. The lowest BCUT2D eigenvalue weighted by Gasteiger charge is -2.07. The van der Waals surface area contributed by atoms with Crippen molar-refractivity contribution in [2.24, 2.45) is 10.7 Å². The van der Waals surface area contributed by atoms with Gasteiger partial charge in [0.25, 0.3) is 0 Å². The highest BCUT2D eigenvalue weighted by Gasteiger charge is 2.13. The van der Waals surface area contributed by atoms with Crippen molar-refractivity contribution in [2.75, 3.05) is 19.6 Å². The highest BCUT2D eigenvalue weighted by atomic mass is 127. The number of nitrogens with zero attached hydrogens (tertiary/aromatic N) is 1. The number of aliphatic imine (C=N–C) groups is 1. The molecule has 1 aromatic heterocycles. The van der Waals surface area contributed by atoms with Gasteiger partial charge in [0.2, 0.25) is 10.0 Å². The molecule has 0 fully saturated rings. The van der Waals surface area contributed by atoms with Crippen LogP contribution in [0.3, 0.4) is 0 Å². The second-order valence-electron chi connectivity index (χ2n) is 4.88. The zero-order chi connectivity index (χ0) is 17.4. The van der Waals surface area contributed by atoms with Crippen LogP contribution in [0.4, 0.5) is 0 Å². The minimum atomic E-state index is -3.59. The smallest absolute Gasteiger partial charge is 0.240 e. The Labute approximate surface area is 173 Å². The minimum Gasteiger partial charge on any atom is -0.370 e. The van der Waals surface area contributed by atoms with E-state index in [4.69, 9.17) is 17.3 Å². The second kappa shape index (κ2) is 11.0. The monoisotopic (exact) mass is 514 g/mol. The van der Waals surface area contributed by atoms with E-state index in [1.165, 1.54) is 17.0 Å². The van der Waals surface area contributed by atoms with Gasteiger partial charge in [-0.2, -0.15) is 0 Å². The molecule has 138 valence electrons. The number of halogens is 2. The van der Waals surface area contributed by atoms with Crippen molar-refractivity contribution in [3.63, 3.8) is 0 Å². The molecule has 2 aromatic rings. The standard InChI is InChI=1S/C15H19ClN4O2S2.HI/c16-12-3-1-5-14(11-12)24(21,22)20-9-8-19-15(17)18-7-6-13-4-2-10-23-13;/h1-5,10-11,20H,6-9H2,(H3,17,18,19);1H. The first-order valence-corrected chi connectivity index (χ1v) is 10.0. The summed E-state index contributed by atoms with van der Waals surface area (Å²) >= 11 is 7.49. The zero-order valence-electron chi connectivity index (χ0n) is 13.3. The minimum absolute atomic E-state index is 0. The molecule has 0 aliphatic heterocycles. The molecule has 1 heterocycles. The summed E-state index contributed by atoms with van der Waals surface area (Å²) in [4.78, 5) is 5.49. The maximum absolute atomic E-state index is 12.1. The lowest BCUT2D eigenvalue weighted by molar-refractivity contribution is 0.582. The molecule has 2 rings (SSSR count). The third kappa shape index (κ3) is 7.90. The molecular weight excluding hydrogens is 495 g/mol. The van der Waals surface area contributed by atoms with E-state index in [0.717, 1.165) is 6.42 Å². The Morgan fingerprint density at radius 2 is 2.04 bits per heavy atom. The molecule has 25 heavy (non-hydrogen) atoms. The van der Waals surface area contributed by atoms with Crippen LogP contribution in [0, 0.1) is 0 Å². The van der Waals surface area contributed by atoms with Crippen molar-refractivity contribution < 1.29 is 8.42 Å². The number of rotatable bonds is 8. The first-order chi connectivity index (χ1) is 11.5. The lowest BCUT2D eigenvalue weighted by atomic mass is 10.3. The first-order valence-electron chi connectivity index (χ1n) is 7.29. The van der Waals surface area contributed by atoms with Crippen molar-refractivity contribution in [1.29, 1.82) is 0 Å². The van der Waals surface area contributed by atoms with E-state index in [2.05, 4.69) is 21.1 Å². The fraction of sp³-hybridized carbons (Fsp3) is 0.267. The van der Waals surface area contributed by atoms with Gasteiger partial charge >= 0.3 is 0 Å². The van der Waals surface area contributed by atoms with Crippen molar-refractivity contribution >= 4 is 62.9 Å². The van der Waals surface area contributed by atoms with E-state index in [-0.39, 0.29) is 42.0 Å². The third-order valence-electron chi connectivity index (χ3n) is 3.05. The summed E-state index contributed by atoms with van der Waals surface area (Å²) in [6.45, 7) is 1.09. The molecular formula is C15H20ClIN4O2S2. The highest BCUT2D eigenvalue weighted by molar-refractivity contribution is 14.0. The molecule has 0 spiro atoms. The Bertz CT molecular complexity index is 783. The topological polar surface area (TPSA) is 96.6 Å². The van der Waals surface area contributed by atoms with E-state index < -0.39 is 10.0 Å². The van der Waals surface area contributed by atoms with Crippen LogP contribution in [0.15, 0.2) is 51.7 Å². The number of sulfonamides is 1. The summed E-state index contributed by atoms with van der Waals surface area (Å²) in [7, 11) is -3.59. The van der Waals surface area contributed by atoms with Crippen molar-refractivity contribution in [3.8, 4) is 0 Å². The van der Waals surface area contributed by atoms with Gasteiger partial charge in [0, 0.05) is 23.0 Å². The van der Waals surface area contributed by atoms with Gasteiger partial charge in [-0.15, -0.1) is 35.3 Å². The van der Waals surface area contributed by atoms with Gasteiger partial charge in [-0.3, -0.25) is 4.99 Å². The quantitative estimate of drug-likeness (QED) is 0.218. The number of hydrogen-bond donors (Lipinski definition) is 3. The Morgan fingerprint density at radius 3 is 2.72 bits per heavy atom. The van der Waals surface area contributed by atoms with Crippen LogP contribution in [-0.2, 0) is 16.4 Å². The fourth-order valence-electron chi connectivity index (χ4n) is 1.90. The van der Waals surface area contributed by atoms with E-state index in [9.17, 15) is 8.42 Å². The third-order valence-corrected chi connectivity index (χ3v) is 5.68. The molecule has 0 radical (unpaired) electrons. The van der Waals surface area contributed by atoms with Gasteiger partial charge in [-0.05, 0) is 36.1 Å². The van der Waals surface area contributed by atoms with E-state index in [1.807, 2.05) is 11.4 Å². The average Bonchev–Trinajstić information content (AvgIpc) is 3.05. The summed E-state index contributed by atoms with van der Waals surface area (Å²) in [5.74, 6) is 0.300. The number of guanidine groups is 1. The molecule has 6 nitrogen and oxygen atoms in total. The van der Waals surface area contributed by atoms with Crippen LogP contribution in [0.1, 0.15) is 4.88 Å². The highest BCUT2D eigenvalue weighted by Crippen LogP contribution is 2.14. The Morgan fingerprint density at radius 1 is 1.24 bits per heavy atom. The van der Waals surface area contributed by atoms with Gasteiger partial charge in [-0.1, -0.05) is 23.7 Å². The fourth-order valence-corrected chi connectivity index (χ4v) is 3.93. The number of hydrogen-bond acceptors (Lipinski definition) is 4. The second-order valence-corrected chi connectivity index (χ2v) is 8.11. The van der Waals surface area contributed by atoms with Crippen LogP contribution >= 0.6 is 46.9 Å². The molecule has 0 saturated heterocycles. The van der Waals surface area contributed by atoms with Gasteiger partial charge in [0.1, 0.15) is 0 Å². The van der Waals surface area contributed by atoms with Gasteiger partial charge in [0.15, 0.2) is 5.96 Å². The predicted molar refractivity (Wildman–Crippen MR) is 115 cm³/mol. The number of benzene rings is 1. The zero-order valence-corrected chi connectivity index (χ0v) is 18.0. The van der Waals surface area contributed by atoms with Gasteiger partial charge in [-0.25, -0.2) is 13.1 Å². The maximum Gasteiger partial charge on any atom is 0.240 e. The largest absolute Gasteiger partial charge is 0.370 e. The Balaban J connectivity index is 0.00000312. The molecule has 0 saturated carbocycles. The lowest BCUT2D eigenvalue weighted by Crippen LogP contribution is -2.34. The van der Waals surface area contributed by atoms with Crippen LogP contribution in [0.2, 0.25) is 5.02 Å². The van der Waals surface area contributed by atoms with E-state index in [0.29, 0.717) is 17.5 Å². The summed E-state index contributed by atoms with van der Waals surface area (Å²) in [5.41, 5.74) is 5.74. The van der Waals surface area contributed by atoms with E-state index in [1.54, 1.807) is 23.5 Å². The number of thiophene rings is 1. The summed E-state index contributed by atoms with van der Waals surface area (Å²) in [5, 5.41) is 5.39. The van der Waals surface area contributed by atoms with Crippen LogP contribution < -0.4 is 15.8 Å². The molecule has 0 amide bonds.